The maximum absolute atomic E-state index is 11.3. The number of pyridine rings is 1. The highest BCUT2D eigenvalue weighted by molar-refractivity contribution is 7.19. The number of morpholine rings is 1. The number of carbonyl (C=O) groups is 1. The van der Waals surface area contributed by atoms with Crippen molar-refractivity contribution in [3.63, 3.8) is 0 Å². The molecule has 2 aromatic heterocycles. The van der Waals surface area contributed by atoms with Crippen LogP contribution < -0.4 is 15.5 Å². The lowest BCUT2D eigenvalue weighted by Gasteiger charge is -2.28. The van der Waals surface area contributed by atoms with Crippen LogP contribution in [0.1, 0.15) is 12.6 Å². The Morgan fingerprint density at radius 3 is 2.66 bits per heavy atom. The summed E-state index contributed by atoms with van der Waals surface area (Å²) in [6, 6.07) is 12.3. The topological polar surface area (TPSA) is 79.4 Å². The first-order valence-electron chi connectivity index (χ1n) is 9.50. The van der Waals surface area contributed by atoms with Crippen LogP contribution in [0.4, 0.5) is 22.3 Å². The van der Waals surface area contributed by atoms with E-state index in [0.717, 1.165) is 53.9 Å². The number of anilines is 4. The summed E-state index contributed by atoms with van der Waals surface area (Å²) in [7, 11) is 0. The molecule has 0 atom stereocenters. The van der Waals surface area contributed by atoms with E-state index < -0.39 is 0 Å². The number of ether oxygens (including phenoxy) is 1. The highest BCUT2D eigenvalue weighted by Gasteiger charge is 2.13. The Balaban J connectivity index is 1.49. The van der Waals surface area contributed by atoms with Crippen LogP contribution in [0.25, 0.3) is 10.4 Å². The number of aryl methyl sites for hydroxylation is 1. The molecular formula is C21H23N5O2S. The molecule has 1 amide bonds. The number of carbonyl (C=O) groups excluding carboxylic acids is 1. The number of aromatic nitrogens is 2. The minimum absolute atomic E-state index is 0.122. The largest absolute Gasteiger partial charge is 0.378 e. The molecule has 3 aromatic rings. The summed E-state index contributed by atoms with van der Waals surface area (Å²) >= 11 is 1.46. The average molecular weight is 410 g/mol. The second-order valence-corrected chi connectivity index (χ2v) is 7.81. The van der Waals surface area contributed by atoms with Crippen molar-refractivity contribution in [2.45, 2.75) is 13.8 Å². The van der Waals surface area contributed by atoms with Crippen molar-refractivity contribution in [3.8, 4) is 10.4 Å². The molecule has 8 heteroatoms. The van der Waals surface area contributed by atoms with Crippen molar-refractivity contribution in [3.05, 3.63) is 48.3 Å². The van der Waals surface area contributed by atoms with Crippen LogP contribution in [0.5, 0.6) is 0 Å². The fraction of sp³-hybridized carbons (Fsp3) is 0.286. The van der Waals surface area contributed by atoms with Crippen molar-refractivity contribution in [1.82, 2.24) is 9.97 Å². The predicted molar refractivity (Wildman–Crippen MR) is 117 cm³/mol. The van der Waals surface area contributed by atoms with Gasteiger partial charge in [0.2, 0.25) is 5.91 Å². The minimum Gasteiger partial charge on any atom is -0.378 e. The van der Waals surface area contributed by atoms with Gasteiger partial charge in [0.15, 0.2) is 5.13 Å². The fourth-order valence-electron chi connectivity index (χ4n) is 3.23. The molecular weight excluding hydrogens is 386 g/mol. The number of hydrogen-bond acceptors (Lipinski definition) is 7. The quantitative estimate of drug-likeness (QED) is 0.662. The zero-order valence-corrected chi connectivity index (χ0v) is 17.3. The third-order valence-corrected chi connectivity index (χ3v) is 5.74. The zero-order valence-electron chi connectivity index (χ0n) is 16.4. The summed E-state index contributed by atoms with van der Waals surface area (Å²) in [5, 5.41) is 6.72. The number of hydrogen-bond donors (Lipinski definition) is 2. The molecule has 150 valence electrons. The molecule has 1 saturated heterocycles. The maximum atomic E-state index is 11.3. The SMILES string of the molecule is CC(=O)Nc1nc(C)c(-c2ccnc(Nc3ccc(N4CCOCC4)cc3)c2)s1. The molecule has 7 nitrogen and oxygen atoms in total. The molecule has 0 unspecified atom stereocenters. The molecule has 3 heterocycles. The van der Waals surface area contributed by atoms with E-state index in [4.69, 9.17) is 4.74 Å². The van der Waals surface area contributed by atoms with E-state index in [-0.39, 0.29) is 5.91 Å². The van der Waals surface area contributed by atoms with Crippen LogP contribution in [0.2, 0.25) is 0 Å². The lowest BCUT2D eigenvalue weighted by molar-refractivity contribution is -0.114. The van der Waals surface area contributed by atoms with Gasteiger partial charge in [0.25, 0.3) is 0 Å². The van der Waals surface area contributed by atoms with Gasteiger partial charge in [-0.05, 0) is 48.9 Å². The van der Waals surface area contributed by atoms with Gasteiger partial charge in [-0.1, -0.05) is 11.3 Å². The summed E-state index contributed by atoms with van der Waals surface area (Å²) in [6.07, 6.45) is 1.77. The first-order valence-corrected chi connectivity index (χ1v) is 10.3. The lowest BCUT2D eigenvalue weighted by atomic mass is 10.2. The first kappa shape index (κ1) is 19.4. The minimum atomic E-state index is -0.122. The third-order valence-electron chi connectivity index (χ3n) is 4.62. The van der Waals surface area contributed by atoms with Crippen molar-refractivity contribution in [1.29, 1.82) is 0 Å². The smallest absolute Gasteiger partial charge is 0.223 e. The van der Waals surface area contributed by atoms with Crippen LogP contribution in [-0.4, -0.2) is 42.2 Å². The van der Waals surface area contributed by atoms with Gasteiger partial charge in [0.05, 0.1) is 23.8 Å². The van der Waals surface area contributed by atoms with E-state index in [1.807, 2.05) is 19.1 Å². The fourth-order valence-corrected chi connectivity index (χ4v) is 4.24. The van der Waals surface area contributed by atoms with Gasteiger partial charge in [-0.15, -0.1) is 0 Å². The number of benzene rings is 1. The molecule has 0 saturated carbocycles. The van der Waals surface area contributed by atoms with E-state index in [0.29, 0.717) is 5.13 Å². The molecule has 1 aliphatic rings. The molecule has 1 aliphatic heterocycles. The Hall–Kier alpha value is -2.97. The monoisotopic (exact) mass is 409 g/mol. The summed E-state index contributed by atoms with van der Waals surface area (Å²) in [5.41, 5.74) is 4.07. The molecule has 29 heavy (non-hydrogen) atoms. The second kappa shape index (κ2) is 8.59. The van der Waals surface area contributed by atoms with Crippen molar-refractivity contribution in [2.75, 3.05) is 41.8 Å². The Morgan fingerprint density at radius 1 is 1.17 bits per heavy atom. The normalized spacial score (nSPS) is 13.9. The van der Waals surface area contributed by atoms with Gasteiger partial charge < -0.3 is 20.3 Å². The highest BCUT2D eigenvalue weighted by atomic mass is 32.1. The van der Waals surface area contributed by atoms with Gasteiger partial charge in [0.1, 0.15) is 5.82 Å². The third kappa shape index (κ3) is 4.72. The number of nitrogens with zero attached hydrogens (tertiary/aromatic N) is 3. The average Bonchev–Trinajstić information content (AvgIpc) is 3.09. The molecule has 1 fully saturated rings. The second-order valence-electron chi connectivity index (χ2n) is 6.82. The number of rotatable bonds is 5. The Bertz CT molecular complexity index is 997. The summed E-state index contributed by atoms with van der Waals surface area (Å²) in [5.74, 6) is 0.637. The molecule has 4 rings (SSSR count). The Labute approximate surface area is 173 Å². The van der Waals surface area contributed by atoms with Gasteiger partial charge in [-0.2, -0.15) is 0 Å². The van der Waals surface area contributed by atoms with Gasteiger partial charge in [-0.3, -0.25) is 4.79 Å². The number of nitrogens with one attached hydrogen (secondary N) is 2. The number of amides is 1. The van der Waals surface area contributed by atoms with Gasteiger partial charge in [0, 0.05) is 37.6 Å². The lowest BCUT2D eigenvalue weighted by Crippen LogP contribution is -2.36. The van der Waals surface area contributed by atoms with Crippen LogP contribution >= 0.6 is 11.3 Å². The highest BCUT2D eigenvalue weighted by Crippen LogP contribution is 2.34. The first-order chi connectivity index (χ1) is 14.1. The van der Waals surface area contributed by atoms with E-state index in [2.05, 4.69) is 49.8 Å². The molecule has 1 aromatic carbocycles. The summed E-state index contributed by atoms with van der Waals surface area (Å²) in [6.45, 7) is 6.81. The van der Waals surface area contributed by atoms with Crippen LogP contribution in [-0.2, 0) is 9.53 Å². The number of thiazole rings is 1. The van der Waals surface area contributed by atoms with Crippen LogP contribution in [0, 0.1) is 6.92 Å². The summed E-state index contributed by atoms with van der Waals surface area (Å²) in [4.78, 5) is 23.5. The van der Waals surface area contributed by atoms with Crippen molar-refractivity contribution in [2.24, 2.45) is 0 Å². The van der Waals surface area contributed by atoms with Crippen molar-refractivity contribution < 1.29 is 9.53 Å². The Morgan fingerprint density at radius 2 is 1.93 bits per heavy atom. The van der Waals surface area contributed by atoms with E-state index in [1.54, 1.807) is 6.20 Å². The van der Waals surface area contributed by atoms with Crippen LogP contribution in [0.3, 0.4) is 0 Å². The Kier molecular flexibility index (Phi) is 5.73. The molecule has 0 aliphatic carbocycles. The zero-order chi connectivity index (χ0) is 20.2. The van der Waals surface area contributed by atoms with Gasteiger partial charge >= 0.3 is 0 Å². The predicted octanol–water partition coefficient (Wildman–Crippen LogP) is 4.05. The molecule has 0 spiro atoms. The molecule has 0 bridgehead atoms. The molecule has 0 radical (unpaired) electrons. The van der Waals surface area contributed by atoms with E-state index >= 15 is 0 Å². The van der Waals surface area contributed by atoms with E-state index in [9.17, 15) is 4.79 Å². The van der Waals surface area contributed by atoms with E-state index in [1.165, 1.54) is 23.9 Å². The summed E-state index contributed by atoms with van der Waals surface area (Å²) < 4.78 is 5.41. The van der Waals surface area contributed by atoms with Crippen LogP contribution in [0.15, 0.2) is 42.6 Å². The van der Waals surface area contributed by atoms with Crippen molar-refractivity contribution >= 4 is 39.6 Å². The van der Waals surface area contributed by atoms with Gasteiger partial charge in [-0.25, -0.2) is 9.97 Å². The standard InChI is InChI=1S/C21H23N5O2S/c1-14-20(29-21(23-14)24-15(2)27)16-7-8-22-19(13-16)25-17-3-5-18(6-4-17)26-9-11-28-12-10-26/h3-8,13H,9-12H2,1-2H3,(H,22,25)(H,23,24,27). The molecule has 2 N–H and O–H groups in total. The maximum Gasteiger partial charge on any atom is 0.223 e.